The van der Waals surface area contributed by atoms with Gasteiger partial charge in [0.2, 0.25) is 0 Å². The average molecular weight is 270 g/mol. The summed E-state index contributed by atoms with van der Waals surface area (Å²) in [5, 5.41) is 11.5. The normalized spacial score (nSPS) is 14.4. The number of furan rings is 1. The first kappa shape index (κ1) is 12.9. The molecule has 102 valence electrons. The van der Waals surface area contributed by atoms with Crippen LogP contribution < -0.4 is 0 Å². The fourth-order valence-corrected chi connectivity index (χ4v) is 2.52. The molecule has 1 unspecified atom stereocenters. The van der Waals surface area contributed by atoms with Gasteiger partial charge < -0.3 is 9.52 Å². The van der Waals surface area contributed by atoms with Gasteiger partial charge in [-0.05, 0) is 37.1 Å². The molecule has 2 nitrogen and oxygen atoms in total. The highest BCUT2D eigenvalue weighted by Gasteiger charge is 2.31. The van der Waals surface area contributed by atoms with E-state index in [4.69, 9.17) is 4.42 Å². The molecule has 3 heteroatoms. The molecule has 1 aromatic heterocycles. The predicted molar refractivity (Wildman–Crippen MR) is 76.0 cm³/mol. The molecule has 0 amide bonds. The molecule has 0 fully saturated rings. The number of rotatable bonds is 2. The zero-order valence-corrected chi connectivity index (χ0v) is 11.4. The molecular formula is C17H15FO2. The third-order valence-corrected chi connectivity index (χ3v) is 3.65. The number of para-hydroxylation sites is 1. The Morgan fingerprint density at radius 1 is 1.10 bits per heavy atom. The van der Waals surface area contributed by atoms with Crippen molar-refractivity contribution < 1.29 is 13.9 Å². The topological polar surface area (TPSA) is 33.4 Å². The Bertz CT molecular complexity index is 772. The Kier molecular flexibility index (Phi) is 2.87. The Morgan fingerprint density at radius 3 is 2.55 bits per heavy atom. The average Bonchev–Trinajstić information content (AvgIpc) is 2.85. The summed E-state index contributed by atoms with van der Waals surface area (Å²) in [4.78, 5) is 0. The van der Waals surface area contributed by atoms with Gasteiger partial charge in [0.1, 0.15) is 11.4 Å². The fraction of sp³-hybridized carbons (Fsp3) is 0.176. The van der Waals surface area contributed by atoms with Crippen LogP contribution in [0.5, 0.6) is 0 Å². The number of benzene rings is 2. The molecule has 3 rings (SSSR count). The van der Waals surface area contributed by atoms with Crippen molar-refractivity contribution in [1.29, 1.82) is 0 Å². The second kappa shape index (κ2) is 4.46. The van der Waals surface area contributed by atoms with Gasteiger partial charge in [-0.1, -0.05) is 36.4 Å². The molecule has 20 heavy (non-hydrogen) atoms. The van der Waals surface area contributed by atoms with Crippen LogP contribution in [0.4, 0.5) is 4.39 Å². The molecule has 0 saturated carbocycles. The monoisotopic (exact) mass is 270 g/mol. The lowest BCUT2D eigenvalue weighted by atomic mass is 9.90. The van der Waals surface area contributed by atoms with Gasteiger partial charge in [0, 0.05) is 5.39 Å². The molecule has 0 aliphatic carbocycles. The number of aliphatic hydroxyl groups is 1. The van der Waals surface area contributed by atoms with Crippen LogP contribution in [0.1, 0.15) is 23.8 Å². The molecule has 0 radical (unpaired) electrons. The second-order valence-corrected chi connectivity index (χ2v) is 5.16. The fourth-order valence-electron chi connectivity index (χ4n) is 2.52. The Hall–Kier alpha value is -2.13. The van der Waals surface area contributed by atoms with Crippen LogP contribution in [0.25, 0.3) is 11.0 Å². The lowest BCUT2D eigenvalue weighted by molar-refractivity contribution is 0.0778. The zero-order valence-electron chi connectivity index (χ0n) is 11.4. The minimum absolute atomic E-state index is 0.177. The summed E-state index contributed by atoms with van der Waals surface area (Å²) >= 11 is 0. The van der Waals surface area contributed by atoms with Gasteiger partial charge in [-0.15, -0.1) is 0 Å². The Labute approximate surface area is 116 Å². The van der Waals surface area contributed by atoms with Crippen molar-refractivity contribution in [2.75, 3.05) is 0 Å². The van der Waals surface area contributed by atoms with Crippen molar-refractivity contribution in [1.82, 2.24) is 0 Å². The van der Waals surface area contributed by atoms with Gasteiger partial charge in [0.25, 0.3) is 0 Å². The van der Waals surface area contributed by atoms with Gasteiger partial charge in [0.05, 0.1) is 0 Å². The quantitative estimate of drug-likeness (QED) is 0.759. The zero-order chi connectivity index (χ0) is 14.3. The third-order valence-electron chi connectivity index (χ3n) is 3.65. The van der Waals surface area contributed by atoms with E-state index in [1.165, 1.54) is 6.07 Å². The number of halogens is 1. The molecule has 0 spiro atoms. The van der Waals surface area contributed by atoms with E-state index >= 15 is 0 Å². The van der Waals surface area contributed by atoms with Gasteiger partial charge in [-0.3, -0.25) is 0 Å². The van der Waals surface area contributed by atoms with Gasteiger partial charge >= 0.3 is 0 Å². The third kappa shape index (κ3) is 1.91. The van der Waals surface area contributed by atoms with E-state index in [9.17, 15) is 9.50 Å². The van der Waals surface area contributed by atoms with Crippen molar-refractivity contribution in [3.05, 3.63) is 71.2 Å². The van der Waals surface area contributed by atoms with Crippen molar-refractivity contribution in [2.45, 2.75) is 19.4 Å². The first-order chi connectivity index (χ1) is 9.50. The predicted octanol–water partition coefficient (Wildman–Crippen LogP) is 4.14. The van der Waals surface area contributed by atoms with Crippen molar-refractivity contribution in [2.24, 2.45) is 0 Å². The second-order valence-electron chi connectivity index (χ2n) is 5.16. The summed E-state index contributed by atoms with van der Waals surface area (Å²) < 4.78 is 19.2. The highest BCUT2D eigenvalue weighted by Crippen LogP contribution is 2.35. The summed E-state index contributed by atoms with van der Waals surface area (Å²) in [7, 11) is 0. The van der Waals surface area contributed by atoms with E-state index in [0.29, 0.717) is 11.1 Å². The maximum atomic E-state index is 13.7. The van der Waals surface area contributed by atoms with E-state index in [-0.39, 0.29) is 5.58 Å². The smallest absolute Gasteiger partial charge is 0.170 e. The maximum Gasteiger partial charge on any atom is 0.170 e. The molecule has 3 aromatic rings. The van der Waals surface area contributed by atoms with Gasteiger partial charge in [-0.2, -0.15) is 0 Å². The SMILES string of the molecule is Cc1ccccc1C(C)(O)c1cc2cccc(F)c2o1. The molecule has 0 aliphatic rings. The molecule has 1 atom stereocenters. The van der Waals surface area contributed by atoms with Crippen molar-refractivity contribution in [3.8, 4) is 0 Å². The van der Waals surface area contributed by atoms with Gasteiger partial charge in [-0.25, -0.2) is 4.39 Å². The van der Waals surface area contributed by atoms with Crippen LogP contribution in [0.15, 0.2) is 52.9 Å². The van der Waals surface area contributed by atoms with Crippen LogP contribution in [-0.4, -0.2) is 5.11 Å². The standard InChI is InChI=1S/C17H15FO2/c1-11-6-3-4-8-13(11)17(2,19)15-10-12-7-5-9-14(18)16(12)20-15/h3-10,19H,1-2H3. The molecule has 0 saturated heterocycles. The molecule has 1 heterocycles. The summed E-state index contributed by atoms with van der Waals surface area (Å²) in [6.45, 7) is 3.58. The molecule has 0 bridgehead atoms. The molecule has 2 aromatic carbocycles. The summed E-state index contributed by atoms with van der Waals surface area (Å²) in [5.41, 5.74) is 0.589. The highest BCUT2D eigenvalue weighted by molar-refractivity contribution is 5.78. The van der Waals surface area contributed by atoms with E-state index in [1.807, 2.05) is 31.2 Å². The summed E-state index contributed by atoms with van der Waals surface area (Å²) in [6, 6.07) is 14.0. The summed E-state index contributed by atoms with van der Waals surface area (Å²) in [6.07, 6.45) is 0. The van der Waals surface area contributed by atoms with Crippen LogP contribution in [0.3, 0.4) is 0 Å². The van der Waals surface area contributed by atoms with Crippen molar-refractivity contribution >= 4 is 11.0 Å². The minimum atomic E-state index is -1.29. The highest BCUT2D eigenvalue weighted by atomic mass is 19.1. The molecule has 0 aliphatic heterocycles. The van der Waals surface area contributed by atoms with E-state index in [0.717, 1.165) is 11.1 Å². The molecular weight excluding hydrogens is 255 g/mol. The van der Waals surface area contributed by atoms with Crippen LogP contribution >= 0.6 is 0 Å². The lowest BCUT2D eigenvalue weighted by Crippen LogP contribution is -2.23. The van der Waals surface area contributed by atoms with E-state index in [2.05, 4.69) is 0 Å². The number of fused-ring (bicyclic) bond motifs is 1. The van der Waals surface area contributed by atoms with Crippen LogP contribution in [0.2, 0.25) is 0 Å². The number of aryl methyl sites for hydroxylation is 1. The Morgan fingerprint density at radius 2 is 1.85 bits per heavy atom. The largest absolute Gasteiger partial charge is 0.455 e. The maximum absolute atomic E-state index is 13.7. The first-order valence-electron chi connectivity index (χ1n) is 6.47. The van der Waals surface area contributed by atoms with E-state index < -0.39 is 11.4 Å². The van der Waals surface area contributed by atoms with Crippen molar-refractivity contribution in [3.63, 3.8) is 0 Å². The molecule has 1 N–H and O–H groups in total. The van der Waals surface area contributed by atoms with Crippen LogP contribution in [-0.2, 0) is 5.60 Å². The number of hydrogen-bond acceptors (Lipinski definition) is 2. The summed E-state index contributed by atoms with van der Waals surface area (Å²) in [5.74, 6) is -0.0822. The van der Waals surface area contributed by atoms with E-state index in [1.54, 1.807) is 25.1 Å². The lowest BCUT2D eigenvalue weighted by Gasteiger charge is -2.23. The minimum Gasteiger partial charge on any atom is -0.455 e. The van der Waals surface area contributed by atoms with Gasteiger partial charge in [0.15, 0.2) is 11.4 Å². The Balaban J connectivity index is 2.19. The first-order valence-corrected chi connectivity index (χ1v) is 6.47. The van der Waals surface area contributed by atoms with Crippen LogP contribution in [0, 0.1) is 12.7 Å². The number of hydrogen-bond donors (Lipinski definition) is 1.